The zero-order valence-corrected chi connectivity index (χ0v) is 24.5. The Hall–Kier alpha value is -4.53. The van der Waals surface area contributed by atoms with Crippen LogP contribution in [0.3, 0.4) is 0 Å². The molecule has 2 aliphatic rings. The van der Waals surface area contributed by atoms with Crippen molar-refractivity contribution in [1.29, 1.82) is 0 Å². The number of anilines is 1. The number of benzene rings is 3. The van der Waals surface area contributed by atoms with Crippen molar-refractivity contribution < 1.29 is 19.1 Å². The molecule has 1 N–H and O–H groups in total. The lowest BCUT2D eigenvalue weighted by molar-refractivity contribution is 0.0635. The molecule has 10 heteroatoms. The Labute approximate surface area is 245 Å². The second kappa shape index (κ2) is 12.1. The molecule has 1 saturated heterocycles. The Morgan fingerprint density at radius 1 is 1.00 bits per heavy atom. The number of rotatable bonds is 6. The fourth-order valence-electron chi connectivity index (χ4n) is 5.59. The monoisotopic (exact) mass is 568 g/mol. The van der Waals surface area contributed by atoms with Gasteiger partial charge in [0.2, 0.25) is 0 Å². The highest BCUT2D eigenvalue weighted by molar-refractivity contribution is 5.87. The summed E-state index contributed by atoms with van der Waals surface area (Å²) in [6, 6.07) is 20.1. The van der Waals surface area contributed by atoms with E-state index < -0.39 is 11.7 Å². The number of azide groups is 1. The first-order valence-corrected chi connectivity index (χ1v) is 14.1. The van der Waals surface area contributed by atoms with Crippen molar-refractivity contribution in [3.05, 3.63) is 93.4 Å². The van der Waals surface area contributed by atoms with Crippen LogP contribution in [0.25, 0.3) is 21.6 Å². The smallest absolute Gasteiger partial charge is 0.412 e. The minimum atomic E-state index is -0.643. The van der Waals surface area contributed by atoms with E-state index in [9.17, 15) is 9.59 Å². The fraction of sp³-hybridized carbons (Fsp3) is 0.375. The number of hydrogen-bond acceptors (Lipinski definition) is 6. The lowest BCUT2D eigenvalue weighted by Gasteiger charge is -2.34. The predicted octanol–water partition coefficient (Wildman–Crippen LogP) is 7.35. The van der Waals surface area contributed by atoms with Gasteiger partial charge in [-0.3, -0.25) is 10.2 Å². The van der Waals surface area contributed by atoms with Crippen molar-refractivity contribution >= 4 is 23.6 Å². The quantitative estimate of drug-likeness (QED) is 0.189. The summed E-state index contributed by atoms with van der Waals surface area (Å²) in [5, 5.41) is 6.54. The van der Waals surface area contributed by atoms with Gasteiger partial charge in [0, 0.05) is 54.9 Å². The highest BCUT2D eigenvalue weighted by Gasteiger charge is 2.30. The van der Waals surface area contributed by atoms with Crippen LogP contribution in [-0.4, -0.2) is 60.4 Å². The van der Waals surface area contributed by atoms with Gasteiger partial charge >= 0.3 is 12.2 Å². The topological polar surface area (TPSA) is 120 Å². The third-order valence-electron chi connectivity index (χ3n) is 7.66. The van der Waals surface area contributed by atoms with Gasteiger partial charge in [-0.25, -0.2) is 9.59 Å². The van der Waals surface area contributed by atoms with Gasteiger partial charge in [0.15, 0.2) is 0 Å². The number of carbonyl (C=O) groups excluding carboxylic acids is 2. The number of piperazine rings is 1. The highest BCUT2D eigenvalue weighted by atomic mass is 16.6. The zero-order valence-electron chi connectivity index (χ0n) is 24.5. The molecular weight excluding hydrogens is 532 g/mol. The number of nitrogens with zero attached hydrogens (tertiary/aromatic N) is 5. The predicted molar refractivity (Wildman–Crippen MR) is 162 cm³/mol. The summed E-state index contributed by atoms with van der Waals surface area (Å²) in [6.07, 6.45) is -0.881. The first-order valence-electron chi connectivity index (χ1n) is 14.1. The minimum Gasteiger partial charge on any atom is -0.448 e. The molecule has 218 valence electrons. The van der Waals surface area contributed by atoms with Gasteiger partial charge in [-0.1, -0.05) is 53.6 Å². The van der Waals surface area contributed by atoms with Crippen LogP contribution in [0.2, 0.25) is 0 Å². The van der Waals surface area contributed by atoms with E-state index in [-0.39, 0.29) is 12.0 Å². The van der Waals surface area contributed by atoms with Crippen LogP contribution in [0.5, 0.6) is 0 Å². The van der Waals surface area contributed by atoms with Crippen LogP contribution in [0.1, 0.15) is 48.9 Å². The van der Waals surface area contributed by atoms with E-state index in [0.717, 1.165) is 11.1 Å². The minimum absolute atomic E-state index is 0.0254. The van der Waals surface area contributed by atoms with Crippen molar-refractivity contribution in [2.24, 2.45) is 5.11 Å². The van der Waals surface area contributed by atoms with Crippen LogP contribution in [0.15, 0.2) is 65.8 Å². The summed E-state index contributed by atoms with van der Waals surface area (Å²) < 4.78 is 11.2. The van der Waals surface area contributed by atoms with E-state index in [1.54, 1.807) is 31.7 Å². The maximum absolute atomic E-state index is 13.0. The third-order valence-corrected chi connectivity index (χ3v) is 7.66. The van der Waals surface area contributed by atoms with E-state index >= 15 is 0 Å². The van der Waals surface area contributed by atoms with Gasteiger partial charge in [-0.05, 0) is 78.7 Å². The van der Waals surface area contributed by atoms with Gasteiger partial charge in [-0.15, -0.1) is 0 Å². The van der Waals surface area contributed by atoms with Crippen molar-refractivity contribution in [3.8, 4) is 11.1 Å². The molecule has 42 heavy (non-hydrogen) atoms. The number of hydrogen-bond donors (Lipinski definition) is 1. The van der Waals surface area contributed by atoms with Gasteiger partial charge < -0.3 is 14.4 Å². The van der Waals surface area contributed by atoms with Crippen molar-refractivity contribution in [1.82, 2.24) is 9.80 Å². The summed E-state index contributed by atoms with van der Waals surface area (Å²) in [5.74, 6) is 0.0254. The maximum Gasteiger partial charge on any atom is 0.412 e. The molecule has 0 saturated carbocycles. The lowest BCUT2D eigenvalue weighted by atomic mass is 9.98. The SMILES string of the molecule is Cc1c(CN2CCN(C(=O)OCC3c4ccccc4-c4ccccc43)CC2)cc(N=[N+]=[N-])cc1NC(=O)OC(C)(C)C. The molecule has 0 atom stereocenters. The molecule has 1 aliphatic carbocycles. The summed E-state index contributed by atoms with van der Waals surface area (Å²) in [4.78, 5) is 32.4. The lowest BCUT2D eigenvalue weighted by Crippen LogP contribution is -2.48. The Morgan fingerprint density at radius 3 is 2.21 bits per heavy atom. The molecule has 0 spiro atoms. The Balaban J connectivity index is 1.19. The average Bonchev–Trinajstić information content (AvgIpc) is 3.27. The molecule has 0 aromatic heterocycles. The fourth-order valence-corrected chi connectivity index (χ4v) is 5.59. The Bertz CT molecular complexity index is 1490. The van der Waals surface area contributed by atoms with Crippen molar-refractivity contribution in [2.75, 3.05) is 38.1 Å². The van der Waals surface area contributed by atoms with Gasteiger partial charge in [0.25, 0.3) is 0 Å². The summed E-state index contributed by atoms with van der Waals surface area (Å²) in [5.41, 5.74) is 15.9. The molecule has 1 fully saturated rings. The first kappa shape index (κ1) is 29.0. The molecular formula is C32H36N6O4. The second-order valence-corrected chi connectivity index (χ2v) is 11.7. The van der Waals surface area contributed by atoms with E-state index in [2.05, 4.69) is 44.5 Å². The van der Waals surface area contributed by atoms with Crippen molar-refractivity contribution in [2.45, 2.75) is 45.8 Å². The highest BCUT2D eigenvalue weighted by Crippen LogP contribution is 2.44. The molecule has 2 amide bonds. The molecule has 3 aromatic rings. The number of nitrogens with one attached hydrogen (secondary N) is 1. The number of amides is 2. The zero-order chi connectivity index (χ0) is 29.9. The molecule has 0 unspecified atom stereocenters. The summed E-state index contributed by atoms with van der Waals surface area (Å²) in [7, 11) is 0. The number of ether oxygens (including phenoxy) is 2. The summed E-state index contributed by atoms with van der Waals surface area (Å²) in [6.45, 7) is 10.6. The molecule has 1 aliphatic heterocycles. The van der Waals surface area contributed by atoms with E-state index in [0.29, 0.717) is 50.7 Å². The third kappa shape index (κ3) is 6.51. The maximum atomic E-state index is 13.0. The van der Waals surface area contributed by atoms with Crippen LogP contribution in [0, 0.1) is 6.92 Å². The normalized spacial score (nSPS) is 14.9. The van der Waals surface area contributed by atoms with E-state index in [4.69, 9.17) is 15.0 Å². The molecule has 0 bridgehead atoms. The second-order valence-electron chi connectivity index (χ2n) is 11.7. The van der Waals surface area contributed by atoms with Crippen molar-refractivity contribution in [3.63, 3.8) is 0 Å². The van der Waals surface area contributed by atoms with Crippen LogP contribution in [0.4, 0.5) is 21.0 Å². The van der Waals surface area contributed by atoms with E-state index in [1.165, 1.54) is 22.3 Å². The Morgan fingerprint density at radius 2 is 1.62 bits per heavy atom. The van der Waals surface area contributed by atoms with E-state index in [1.807, 2.05) is 37.3 Å². The molecule has 1 heterocycles. The largest absolute Gasteiger partial charge is 0.448 e. The first-order chi connectivity index (χ1) is 20.1. The Kier molecular flexibility index (Phi) is 8.38. The average molecular weight is 569 g/mol. The van der Waals surface area contributed by atoms with Crippen LogP contribution < -0.4 is 5.32 Å². The molecule has 0 radical (unpaired) electrons. The van der Waals surface area contributed by atoms with Gasteiger partial charge in [-0.2, -0.15) is 0 Å². The standard InChI is InChI=1S/C32H36N6O4/c1-21-22(17-23(35-36-33)18-29(21)34-30(39)42-32(2,3)4)19-37-13-15-38(16-14-37)31(40)41-20-28-26-11-7-5-9-24(26)25-10-6-8-12-27(25)28/h5-12,17-18,28H,13-16,19-20H2,1-4H3,(H,34,39). The molecule has 5 rings (SSSR count). The molecule has 3 aromatic carbocycles. The number of fused-ring (bicyclic) bond motifs is 3. The molecule has 10 nitrogen and oxygen atoms in total. The number of carbonyl (C=O) groups is 2. The summed E-state index contributed by atoms with van der Waals surface area (Å²) >= 11 is 0. The van der Waals surface area contributed by atoms with Crippen LogP contribution in [-0.2, 0) is 16.0 Å². The van der Waals surface area contributed by atoms with Gasteiger partial charge in [0.1, 0.15) is 12.2 Å². The van der Waals surface area contributed by atoms with Gasteiger partial charge in [0.05, 0.1) is 0 Å². The van der Waals surface area contributed by atoms with Crippen LogP contribution >= 0.6 is 0 Å².